The van der Waals surface area contributed by atoms with Gasteiger partial charge in [-0.05, 0) is 36.1 Å². The SMILES string of the molecule is CCc1ccc(F)c([C@@H](C)[C@H](N)c2n[nH]c(=O)o2)c1C.Cl. The number of aromatic amines is 1. The Morgan fingerprint density at radius 2 is 2.14 bits per heavy atom. The van der Waals surface area contributed by atoms with E-state index in [9.17, 15) is 9.18 Å². The fourth-order valence-corrected chi connectivity index (χ4v) is 2.46. The molecule has 21 heavy (non-hydrogen) atoms. The fourth-order valence-electron chi connectivity index (χ4n) is 2.46. The number of hydrogen-bond donors (Lipinski definition) is 2. The molecule has 1 aromatic carbocycles. The van der Waals surface area contributed by atoms with Gasteiger partial charge in [0.1, 0.15) is 5.82 Å². The van der Waals surface area contributed by atoms with E-state index in [4.69, 9.17) is 10.2 Å². The molecule has 5 nitrogen and oxygen atoms in total. The van der Waals surface area contributed by atoms with Gasteiger partial charge in [-0.15, -0.1) is 17.5 Å². The van der Waals surface area contributed by atoms with Gasteiger partial charge in [0.25, 0.3) is 0 Å². The highest BCUT2D eigenvalue weighted by Gasteiger charge is 2.26. The summed E-state index contributed by atoms with van der Waals surface area (Å²) in [6.45, 7) is 5.69. The lowest BCUT2D eigenvalue weighted by Crippen LogP contribution is -2.20. The number of hydrogen-bond acceptors (Lipinski definition) is 4. The van der Waals surface area contributed by atoms with Crippen molar-refractivity contribution in [3.8, 4) is 0 Å². The first-order valence-corrected chi connectivity index (χ1v) is 6.54. The zero-order chi connectivity index (χ0) is 14.9. The van der Waals surface area contributed by atoms with Crippen LogP contribution in [0.5, 0.6) is 0 Å². The number of benzene rings is 1. The molecule has 3 N–H and O–H groups in total. The van der Waals surface area contributed by atoms with Gasteiger partial charge in [-0.2, -0.15) is 0 Å². The van der Waals surface area contributed by atoms with E-state index in [0.717, 1.165) is 17.5 Å². The van der Waals surface area contributed by atoms with Crippen LogP contribution in [-0.4, -0.2) is 10.2 Å². The summed E-state index contributed by atoms with van der Waals surface area (Å²) >= 11 is 0. The lowest BCUT2D eigenvalue weighted by Gasteiger charge is -2.21. The van der Waals surface area contributed by atoms with E-state index < -0.39 is 11.8 Å². The predicted octanol–water partition coefficient (Wildman–Crippen LogP) is 2.60. The molecule has 0 fully saturated rings. The van der Waals surface area contributed by atoms with Gasteiger partial charge in [-0.25, -0.2) is 14.3 Å². The lowest BCUT2D eigenvalue weighted by molar-refractivity contribution is 0.396. The average Bonchev–Trinajstić information content (AvgIpc) is 2.84. The van der Waals surface area contributed by atoms with Crippen molar-refractivity contribution < 1.29 is 8.81 Å². The minimum absolute atomic E-state index is 0. The van der Waals surface area contributed by atoms with Gasteiger partial charge in [0.2, 0.25) is 5.89 Å². The second-order valence-electron chi connectivity index (χ2n) is 4.86. The molecule has 7 heteroatoms. The first kappa shape index (κ1) is 17.4. The van der Waals surface area contributed by atoms with Crippen LogP contribution in [0.25, 0.3) is 0 Å². The Morgan fingerprint density at radius 3 is 2.67 bits per heavy atom. The van der Waals surface area contributed by atoms with Gasteiger partial charge in [0.15, 0.2) is 0 Å². The number of H-pyrrole nitrogens is 1. The molecule has 0 spiro atoms. The van der Waals surface area contributed by atoms with Crippen LogP contribution in [0.1, 0.15) is 48.4 Å². The molecule has 0 aliphatic heterocycles. The molecule has 1 aromatic heterocycles. The molecule has 1 heterocycles. The molecule has 2 atom stereocenters. The van der Waals surface area contributed by atoms with E-state index in [0.29, 0.717) is 5.56 Å². The molecule has 0 aliphatic rings. The number of nitrogens with two attached hydrogens (primary N) is 1. The van der Waals surface area contributed by atoms with Crippen LogP contribution in [0.15, 0.2) is 21.3 Å². The smallest absolute Gasteiger partial charge is 0.391 e. The molecule has 2 rings (SSSR count). The summed E-state index contributed by atoms with van der Waals surface area (Å²) in [4.78, 5) is 11.0. The van der Waals surface area contributed by atoms with Gasteiger partial charge in [-0.3, -0.25) is 0 Å². The Kier molecular flexibility index (Phi) is 5.69. The quantitative estimate of drug-likeness (QED) is 0.908. The zero-order valence-electron chi connectivity index (χ0n) is 12.1. The van der Waals surface area contributed by atoms with Crippen LogP contribution in [0.3, 0.4) is 0 Å². The molecule has 0 saturated carbocycles. The monoisotopic (exact) mass is 315 g/mol. The van der Waals surface area contributed by atoms with E-state index >= 15 is 0 Å². The Labute approximate surface area is 128 Å². The van der Waals surface area contributed by atoms with Crippen molar-refractivity contribution in [1.82, 2.24) is 10.2 Å². The molecule has 2 aromatic rings. The Morgan fingerprint density at radius 1 is 1.48 bits per heavy atom. The van der Waals surface area contributed by atoms with Gasteiger partial charge in [0, 0.05) is 5.92 Å². The largest absolute Gasteiger partial charge is 0.434 e. The first-order chi connectivity index (χ1) is 9.45. The van der Waals surface area contributed by atoms with Crippen molar-refractivity contribution in [1.29, 1.82) is 0 Å². The number of nitrogens with one attached hydrogen (secondary N) is 1. The summed E-state index contributed by atoms with van der Waals surface area (Å²) < 4.78 is 19.0. The Balaban J connectivity index is 0.00000220. The first-order valence-electron chi connectivity index (χ1n) is 6.54. The van der Waals surface area contributed by atoms with Crippen LogP contribution in [0.2, 0.25) is 0 Å². The van der Waals surface area contributed by atoms with Gasteiger partial charge < -0.3 is 10.2 Å². The molecule has 0 radical (unpaired) electrons. The van der Waals surface area contributed by atoms with Crippen molar-refractivity contribution in [3.05, 3.63) is 51.1 Å². The molecule has 0 unspecified atom stereocenters. The lowest BCUT2D eigenvalue weighted by atomic mass is 9.87. The molecule has 0 amide bonds. The van der Waals surface area contributed by atoms with Crippen LogP contribution in [0.4, 0.5) is 4.39 Å². The summed E-state index contributed by atoms with van der Waals surface area (Å²) in [5.41, 5.74) is 8.53. The number of halogens is 2. The second-order valence-corrected chi connectivity index (χ2v) is 4.86. The third-order valence-corrected chi connectivity index (χ3v) is 3.69. The summed E-state index contributed by atoms with van der Waals surface area (Å²) in [5, 5.41) is 5.87. The van der Waals surface area contributed by atoms with Crippen LogP contribution >= 0.6 is 12.4 Å². The number of nitrogens with zero attached hydrogens (tertiary/aromatic N) is 1. The van der Waals surface area contributed by atoms with E-state index in [2.05, 4.69) is 10.2 Å². The minimum Gasteiger partial charge on any atom is -0.391 e. The molecule has 0 saturated heterocycles. The van der Waals surface area contributed by atoms with E-state index in [-0.39, 0.29) is 30.0 Å². The van der Waals surface area contributed by atoms with Crippen molar-refractivity contribution in [2.45, 2.75) is 39.2 Å². The molecule has 0 bridgehead atoms. The maximum Gasteiger partial charge on any atom is 0.434 e. The molecular formula is C14H19ClFN3O2. The maximum absolute atomic E-state index is 14.1. The van der Waals surface area contributed by atoms with Gasteiger partial charge in [0.05, 0.1) is 6.04 Å². The van der Waals surface area contributed by atoms with Crippen molar-refractivity contribution in [3.63, 3.8) is 0 Å². The fraction of sp³-hybridized carbons (Fsp3) is 0.429. The predicted molar refractivity (Wildman–Crippen MR) is 80.2 cm³/mol. The second kappa shape index (κ2) is 6.87. The summed E-state index contributed by atoms with van der Waals surface area (Å²) in [6, 6.07) is 2.54. The molecule has 0 aliphatic carbocycles. The van der Waals surface area contributed by atoms with Gasteiger partial charge >= 0.3 is 5.76 Å². The summed E-state index contributed by atoms with van der Waals surface area (Å²) in [6.07, 6.45) is 0.818. The normalized spacial score (nSPS) is 13.6. The van der Waals surface area contributed by atoms with Crippen molar-refractivity contribution in [2.75, 3.05) is 0 Å². The summed E-state index contributed by atoms with van der Waals surface area (Å²) in [7, 11) is 0. The van der Waals surface area contributed by atoms with Crippen molar-refractivity contribution in [2.24, 2.45) is 5.73 Å². The minimum atomic E-state index is -0.686. The van der Waals surface area contributed by atoms with Crippen LogP contribution < -0.4 is 11.5 Å². The number of aryl methyl sites for hydroxylation is 1. The van der Waals surface area contributed by atoms with Crippen molar-refractivity contribution >= 4 is 12.4 Å². The highest BCUT2D eigenvalue weighted by Crippen LogP contribution is 2.32. The zero-order valence-corrected chi connectivity index (χ0v) is 13.0. The average molecular weight is 316 g/mol. The number of rotatable bonds is 4. The Hall–Kier alpha value is -1.66. The Bertz CT molecular complexity index is 668. The highest BCUT2D eigenvalue weighted by atomic mass is 35.5. The van der Waals surface area contributed by atoms with Crippen LogP contribution in [0, 0.1) is 12.7 Å². The van der Waals surface area contributed by atoms with Gasteiger partial charge in [-0.1, -0.05) is 19.9 Å². The molecule has 116 valence electrons. The van der Waals surface area contributed by atoms with E-state index in [1.807, 2.05) is 13.8 Å². The topological polar surface area (TPSA) is 84.9 Å². The number of aromatic nitrogens is 2. The third-order valence-electron chi connectivity index (χ3n) is 3.69. The maximum atomic E-state index is 14.1. The van der Waals surface area contributed by atoms with E-state index in [1.54, 1.807) is 13.0 Å². The molecular weight excluding hydrogens is 297 g/mol. The van der Waals surface area contributed by atoms with E-state index in [1.165, 1.54) is 6.07 Å². The van der Waals surface area contributed by atoms with Crippen LogP contribution in [-0.2, 0) is 6.42 Å². The standard InChI is InChI=1S/C14H18FN3O2.ClH/c1-4-9-5-6-10(15)11(7(9)2)8(3)12(16)13-17-18-14(19)20-13;/h5-6,8,12H,4,16H2,1-3H3,(H,18,19);1H/t8-,12+;/m1./s1. The third kappa shape index (κ3) is 3.33. The summed E-state index contributed by atoms with van der Waals surface area (Å²) in [5.74, 6) is -1.24. The highest BCUT2D eigenvalue weighted by molar-refractivity contribution is 5.85.